The largest absolute Gasteiger partial charge is 0.479 e. The number of rotatable bonds is 11. The van der Waals surface area contributed by atoms with Crippen molar-refractivity contribution in [3.05, 3.63) is 84.4 Å². The highest BCUT2D eigenvalue weighted by atomic mass is 32.2. The van der Waals surface area contributed by atoms with Crippen molar-refractivity contribution in [2.75, 3.05) is 6.61 Å². The van der Waals surface area contributed by atoms with Gasteiger partial charge in [-0.05, 0) is 50.3 Å². The number of benzene rings is 2. The number of hydrogen-bond acceptors (Lipinski definition) is 5. The molecule has 3 aromatic rings. The Hall–Kier alpha value is -3.01. The molecule has 1 aromatic heterocycles. The van der Waals surface area contributed by atoms with Gasteiger partial charge in [0.05, 0.1) is 11.5 Å². The molecule has 1 heterocycles. The number of aryl methyl sites for hydroxylation is 2. The third kappa shape index (κ3) is 5.47. The normalized spacial score (nSPS) is 19.9. The van der Waals surface area contributed by atoms with Crippen molar-refractivity contribution in [2.24, 2.45) is 5.92 Å². The van der Waals surface area contributed by atoms with Gasteiger partial charge in [-0.15, -0.1) is 0 Å². The molecule has 8 nitrogen and oxygen atoms in total. The molecule has 0 amide bonds. The lowest BCUT2D eigenvalue weighted by Gasteiger charge is -2.36. The van der Waals surface area contributed by atoms with Crippen LogP contribution in [0, 0.1) is 12.8 Å². The Morgan fingerprint density at radius 3 is 2.46 bits per heavy atom. The highest BCUT2D eigenvalue weighted by Crippen LogP contribution is 2.44. The molecule has 0 saturated heterocycles. The van der Waals surface area contributed by atoms with Crippen LogP contribution in [0.25, 0.3) is 0 Å². The van der Waals surface area contributed by atoms with Crippen LogP contribution in [-0.4, -0.2) is 41.7 Å². The van der Waals surface area contributed by atoms with Crippen molar-refractivity contribution in [3.63, 3.8) is 0 Å². The van der Waals surface area contributed by atoms with Crippen molar-refractivity contribution in [1.82, 2.24) is 14.3 Å². The Kier molecular flexibility index (Phi) is 7.69. The molecule has 9 heteroatoms. The second-order valence-corrected chi connectivity index (χ2v) is 10.6. The van der Waals surface area contributed by atoms with Crippen LogP contribution in [0.3, 0.4) is 0 Å². The van der Waals surface area contributed by atoms with Gasteiger partial charge in [-0.3, -0.25) is 0 Å². The summed E-state index contributed by atoms with van der Waals surface area (Å²) in [6, 6.07) is 16.8. The standard InChI is InChI=1S/C26H31N3O5S/c1-20-27-15-17-29(20)16-8-18-34-26(25(30)31,21-9-4-2-5-10-21)22-13-14-23(19-22)28-35(32,33)24-11-6-3-7-12-24/h2-7,9-12,15,17,22-23,28H,8,13-14,16,18-19H2,1H3,(H,30,31)/t22-,23?,26-/m0/s1. The summed E-state index contributed by atoms with van der Waals surface area (Å²) in [5, 5.41) is 10.5. The molecule has 186 valence electrons. The van der Waals surface area contributed by atoms with Crippen LogP contribution < -0.4 is 4.72 Å². The fourth-order valence-electron chi connectivity index (χ4n) is 4.94. The van der Waals surface area contributed by atoms with E-state index in [0.717, 1.165) is 5.82 Å². The Bertz CT molecular complexity index is 1230. The molecule has 0 radical (unpaired) electrons. The topological polar surface area (TPSA) is 111 Å². The summed E-state index contributed by atoms with van der Waals surface area (Å²) in [5.41, 5.74) is -0.985. The Morgan fingerprint density at radius 2 is 1.83 bits per heavy atom. The van der Waals surface area contributed by atoms with Gasteiger partial charge in [0.25, 0.3) is 0 Å². The minimum absolute atomic E-state index is 0.196. The first-order valence-corrected chi connectivity index (χ1v) is 13.3. The van der Waals surface area contributed by atoms with E-state index < -0.39 is 21.6 Å². The van der Waals surface area contributed by atoms with E-state index in [1.165, 1.54) is 0 Å². The first kappa shape index (κ1) is 25.1. The van der Waals surface area contributed by atoms with Crippen LogP contribution in [0.2, 0.25) is 0 Å². The van der Waals surface area contributed by atoms with Gasteiger partial charge >= 0.3 is 5.97 Å². The Balaban J connectivity index is 1.52. The average Bonchev–Trinajstić information content (AvgIpc) is 3.49. The molecule has 1 fully saturated rings. The average molecular weight is 498 g/mol. The van der Waals surface area contributed by atoms with Crippen LogP contribution in [0.15, 0.2) is 78.0 Å². The van der Waals surface area contributed by atoms with E-state index in [2.05, 4.69) is 9.71 Å². The van der Waals surface area contributed by atoms with Gasteiger partial charge in [-0.25, -0.2) is 22.9 Å². The predicted octanol–water partition coefficient (Wildman–Crippen LogP) is 3.73. The summed E-state index contributed by atoms with van der Waals surface area (Å²) >= 11 is 0. The van der Waals surface area contributed by atoms with Gasteiger partial charge in [0.2, 0.25) is 10.0 Å². The smallest absolute Gasteiger partial charge is 0.340 e. The van der Waals surface area contributed by atoms with E-state index in [-0.39, 0.29) is 23.5 Å². The van der Waals surface area contributed by atoms with E-state index >= 15 is 0 Å². The number of aliphatic carboxylic acids is 1. The molecule has 1 unspecified atom stereocenters. The van der Waals surface area contributed by atoms with Gasteiger partial charge in [0.1, 0.15) is 5.82 Å². The number of ether oxygens (including phenoxy) is 1. The molecule has 2 N–H and O–H groups in total. The van der Waals surface area contributed by atoms with E-state index in [4.69, 9.17) is 4.74 Å². The molecule has 0 bridgehead atoms. The lowest BCUT2D eigenvalue weighted by molar-refractivity contribution is -0.178. The molecular weight excluding hydrogens is 466 g/mol. The lowest BCUT2D eigenvalue weighted by Crippen LogP contribution is -2.46. The van der Waals surface area contributed by atoms with Gasteiger partial charge < -0.3 is 14.4 Å². The molecule has 3 atom stereocenters. The van der Waals surface area contributed by atoms with Crippen molar-refractivity contribution in [2.45, 2.75) is 55.7 Å². The Morgan fingerprint density at radius 1 is 1.14 bits per heavy atom. The molecule has 0 aliphatic heterocycles. The Labute approximate surface area is 206 Å². The second-order valence-electron chi connectivity index (χ2n) is 8.92. The van der Waals surface area contributed by atoms with Crippen LogP contribution in [-0.2, 0) is 31.7 Å². The van der Waals surface area contributed by atoms with Crippen LogP contribution in [0.5, 0.6) is 0 Å². The van der Waals surface area contributed by atoms with Crippen LogP contribution in [0.4, 0.5) is 0 Å². The summed E-state index contributed by atoms with van der Waals surface area (Å²) in [6.07, 6.45) is 5.68. The van der Waals surface area contributed by atoms with Gasteiger partial charge in [-0.1, -0.05) is 48.5 Å². The molecule has 1 aliphatic rings. The number of sulfonamides is 1. The van der Waals surface area contributed by atoms with Gasteiger partial charge in [0, 0.05) is 30.9 Å². The zero-order valence-electron chi connectivity index (χ0n) is 19.7. The van der Waals surface area contributed by atoms with Crippen molar-refractivity contribution >= 4 is 16.0 Å². The molecule has 4 rings (SSSR count). The van der Waals surface area contributed by atoms with Crippen molar-refractivity contribution in [3.8, 4) is 0 Å². The zero-order chi connectivity index (χ0) is 24.9. The molecule has 1 aliphatic carbocycles. The third-order valence-electron chi connectivity index (χ3n) is 6.70. The van der Waals surface area contributed by atoms with Crippen molar-refractivity contribution < 1.29 is 23.1 Å². The van der Waals surface area contributed by atoms with Crippen LogP contribution in [0.1, 0.15) is 37.1 Å². The lowest BCUT2D eigenvalue weighted by atomic mass is 9.79. The number of hydrogen-bond donors (Lipinski definition) is 2. The molecule has 35 heavy (non-hydrogen) atoms. The number of aromatic nitrogens is 2. The van der Waals surface area contributed by atoms with Gasteiger partial charge in [0.15, 0.2) is 5.60 Å². The first-order chi connectivity index (χ1) is 16.8. The number of imidazole rings is 1. The van der Waals surface area contributed by atoms with Crippen molar-refractivity contribution in [1.29, 1.82) is 0 Å². The SMILES string of the molecule is Cc1nccn1CCCO[C@@](C(=O)O)(c1ccccc1)[C@H]1CCC(NS(=O)(=O)c2ccccc2)C1. The fraction of sp³-hybridized carbons (Fsp3) is 0.385. The summed E-state index contributed by atoms with van der Waals surface area (Å²) in [5.74, 6) is -0.554. The van der Waals surface area contributed by atoms with E-state index in [0.29, 0.717) is 37.8 Å². The van der Waals surface area contributed by atoms with E-state index in [1.54, 1.807) is 60.8 Å². The number of nitrogens with one attached hydrogen (secondary N) is 1. The maximum absolute atomic E-state index is 12.8. The van der Waals surface area contributed by atoms with Gasteiger partial charge in [-0.2, -0.15) is 0 Å². The second kappa shape index (κ2) is 10.7. The maximum Gasteiger partial charge on any atom is 0.340 e. The summed E-state index contributed by atoms with van der Waals surface area (Å²) < 4.78 is 36.7. The fourth-order valence-corrected chi connectivity index (χ4v) is 6.24. The first-order valence-electron chi connectivity index (χ1n) is 11.8. The highest BCUT2D eigenvalue weighted by Gasteiger charge is 2.51. The van der Waals surface area contributed by atoms with E-state index in [9.17, 15) is 18.3 Å². The summed E-state index contributed by atoms with van der Waals surface area (Å²) in [6.45, 7) is 2.83. The maximum atomic E-state index is 12.8. The predicted molar refractivity (Wildman–Crippen MR) is 131 cm³/mol. The third-order valence-corrected chi connectivity index (χ3v) is 8.24. The summed E-state index contributed by atoms with van der Waals surface area (Å²) in [4.78, 5) is 17.2. The minimum atomic E-state index is -3.69. The number of carboxylic acid groups (broad SMARTS) is 1. The molecule has 1 saturated carbocycles. The number of nitrogens with zero attached hydrogens (tertiary/aromatic N) is 2. The number of carbonyl (C=O) groups is 1. The molecule has 2 aromatic carbocycles. The molecular formula is C26H31N3O5S. The molecule has 0 spiro atoms. The number of carboxylic acids is 1. The zero-order valence-corrected chi connectivity index (χ0v) is 20.5. The monoisotopic (exact) mass is 497 g/mol. The minimum Gasteiger partial charge on any atom is -0.479 e. The highest BCUT2D eigenvalue weighted by molar-refractivity contribution is 7.89. The van der Waals surface area contributed by atoms with E-state index in [1.807, 2.05) is 23.8 Å². The van der Waals surface area contributed by atoms with Crippen LogP contribution >= 0.6 is 0 Å². The summed E-state index contributed by atoms with van der Waals surface area (Å²) in [7, 11) is -3.69. The quantitative estimate of drug-likeness (QED) is 0.391.